The monoisotopic (exact) mass is 446 g/mol. The van der Waals surface area contributed by atoms with Gasteiger partial charge in [-0.2, -0.15) is 0 Å². The van der Waals surface area contributed by atoms with Gasteiger partial charge in [-0.1, -0.05) is 74.3 Å². The van der Waals surface area contributed by atoms with Crippen LogP contribution in [0.15, 0.2) is 54.6 Å². The highest BCUT2D eigenvalue weighted by Gasteiger charge is 2.28. The van der Waals surface area contributed by atoms with Gasteiger partial charge in [0.05, 0.1) is 5.75 Å². The number of rotatable bonds is 12. The van der Waals surface area contributed by atoms with Gasteiger partial charge >= 0.3 is 0 Å². The van der Waals surface area contributed by atoms with Crippen LogP contribution < -0.4 is 5.32 Å². The highest BCUT2D eigenvalue weighted by atomic mass is 35.5. The lowest BCUT2D eigenvalue weighted by atomic mass is 10.1. The second-order valence-electron chi connectivity index (χ2n) is 7.20. The number of hydrogen-bond acceptors (Lipinski definition) is 3. The van der Waals surface area contributed by atoms with Crippen LogP contribution in [0.2, 0.25) is 5.02 Å². The third kappa shape index (κ3) is 8.04. The average Bonchev–Trinajstić information content (AvgIpc) is 2.76. The molecule has 0 saturated heterocycles. The minimum absolute atomic E-state index is 0.0182. The highest BCUT2D eigenvalue weighted by Crippen LogP contribution is 2.18. The molecule has 30 heavy (non-hydrogen) atoms. The van der Waals surface area contributed by atoms with E-state index < -0.39 is 6.04 Å². The molecule has 2 aromatic carbocycles. The van der Waals surface area contributed by atoms with Gasteiger partial charge in [-0.15, -0.1) is 11.8 Å². The van der Waals surface area contributed by atoms with Gasteiger partial charge in [0.1, 0.15) is 6.04 Å². The van der Waals surface area contributed by atoms with E-state index in [1.165, 1.54) is 0 Å². The molecule has 1 atom stereocenters. The fraction of sp³-hybridized carbons (Fsp3) is 0.417. The summed E-state index contributed by atoms with van der Waals surface area (Å²) >= 11 is 7.49. The summed E-state index contributed by atoms with van der Waals surface area (Å²) in [5.41, 5.74) is 2.14. The summed E-state index contributed by atoms with van der Waals surface area (Å²) in [6.45, 7) is 5.12. The van der Waals surface area contributed by atoms with Gasteiger partial charge < -0.3 is 10.2 Å². The largest absolute Gasteiger partial charge is 0.354 e. The standard InChI is InChI=1S/C24H31ClN2O2S/c1-3-5-15-26-24(29)22(4-2)27(16-19-9-7-6-8-10-19)23(28)18-30-17-20-11-13-21(25)14-12-20/h6-14,22H,3-5,15-18H2,1-2H3,(H,26,29). The first-order valence-electron chi connectivity index (χ1n) is 10.5. The first kappa shape index (κ1) is 24.3. The summed E-state index contributed by atoms with van der Waals surface area (Å²) < 4.78 is 0. The number of carbonyl (C=O) groups excluding carboxylic acids is 2. The molecule has 0 fully saturated rings. The zero-order valence-electron chi connectivity index (χ0n) is 17.8. The smallest absolute Gasteiger partial charge is 0.242 e. The summed E-state index contributed by atoms with van der Waals surface area (Å²) in [5, 5.41) is 3.69. The minimum Gasteiger partial charge on any atom is -0.354 e. The van der Waals surface area contributed by atoms with E-state index in [1.807, 2.05) is 61.5 Å². The zero-order valence-corrected chi connectivity index (χ0v) is 19.3. The Labute approximate surface area is 189 Å². The molecule has 162 valence electrons. The topological polar surface area (TPSA) is 49.4 Å². The lowest BCUT2D eigenvalue weighted by Crippen LogP contribution is -2.49. The molecule has 6 heteroatoms. The van der Waals surface area contributed by atoms with Gasteiger partial charge in [-0.05, 0) is 36.1 Å². The third-order valence-electron chi connectivity index (χ3n) is 4.82. The number of hydrogen-bond donors (Lipinski definition) is 1. The van der Waals surface area contributed by atoms with Crippen molar-refractivity contribution in [3.05, 3.63) is 70.7 Å². The Balaban J connectivity index is 2.05. The molecule has 0 bridgehead atoms. The van der Waals surface area contributed by atoms with E-state index in [0.29, 0.717) is 30.3 Å². The predicted octanol–water partition coefficient (Wildman–Crippen LogP) is 5.30. The van der Waals surface area contributed by atoms with Crippen LogP contribution in [-0.2, 0) is 21.9 Å². The molecule has 0 aliphatic rings. The number of amides is 2. The molecule has 0 heterocycles. The molecule has 4 nitrogen and oxygen atoms in total. The van der Waals surface area contributed by atoms with E-state index in [9.17, 15) is 9.59 Å². The Bertz CT molecular complexity index is 784. The molecule has 0 radical (unpaired) electrons. The van der Waals surface area contributed by atoms with Crippen LogP contribution in [0.3, 0.4) is 0 Å². The number of benzene rings is 2. The summed E-state index contributed by atoms with van der Waals surface area (Å²) in [7, 11) is 0. The number of nitrogens with zero attached hydrogens (tertiary/aromatic N) is 1. The normalized spacial score (nSPS) is 11.7. The van der Waals surface area contributed by atoms with Crippen LogP contribution in [0.1, 0.15) is 44.2 Å². The van der Waals surface area contributed by atoms with Crippen LogP contribution in [0.5, 0.6) is 0 Å². The summed E-state index contributed by atoms with van der Waals surface area (Å²) in [6, 6.07) is 17.0. The quantitative estimate of drug-likeness (QED) is 0.450. The number of unbranched alkanes of at least 4 members (excludes halogenated alkanes) is 1. The van der Waals surface area contributed by atoms with Crippen molar-refractivity contribution in [1.29, 1.82) is 0 Å². The lowest BCUT2D eigenvalue weighted by Gasteiger charge is -2.30. The number of thioether (sulfide) groups is 1. The Morgan fingerprint density at radius 1 is 1.03 bits per heavy atom. The Hall–Kier alpha value is -1.98. The molecule has 1 unspecified atom stereocenters. The van der Waals surface area contributed by atoms with Gasteiger partial charge in [-0.3, -0.25) is 9.59 Å². The molecule has 2 rings (SSSR count). The van der Waals surface area contributed by atoms with Crippen molar-refractivity contribution in [2.45, 2.75) is 51.4 Å². The number of halogens is 1. The van der Waals surface area contributed by atoms with Crippen molar-refractivity contribution in [2.24, 2.45) is 0 Å². The van der Waals surface area contributed by atoms with E-state index in [2.05, 4.69) is 12.2 Å². The van der Waals surface area contributed by atoms with Gasteiger partial charge in [0.2, 0.25) is 11.8 Å². The fourth-order valence-electron chi connectivity index (χ4n) is 3.13. The van der Waals surface area contributed by atoms with Crippen molar-refractivity contribution < 1.29 is 9.59 Å². The second kappa shape index (κ2) is 13.3. The van der Waals surface area contributed by atoms with Crippen LogP contribution in [0, 0.1) is 0 Å². The molecular formula is C24H31ClN2O2S. The first-order chi connectivity index (χ1) is 14.5. The number of carbonyl (C=O) groups is 2. The van der Waals surface area contributed by atoms with E-state index in [1.54, 1.807) is 16.7 Å². The summed E-state index contributed by atoms with van der Waals surface area (Å²) in [5.74, 6) is 0.962. The molecule has 0 aromatic heterocycles. The Morgan fingerprint density at radius 3 is 2.37 bits per heavy atom. The second-order valence-corrected chi connectivity index (χ2v) is 8.62. The molecule has 2 amide bonds. The van der Waals surface area contributed by atoms with E-state index >= 15 is 0 Å². The maximum Gasteiger partial charge on any atom is 0.242 e. The lowest BCUT2D eigenvalue weighted by molar-refractivity contribution is -0.139. The van der Waals surface area contributed by atoms with E-state index in [-0.39, 0.29) is 11.8 Å². The predicted molar refractivity (Wildman–Crippen MR) is 127 cm³/mol. The molecule has 0 aliphatic carbocycles. The molecule has 2 aromatic rings. The zero-order chi connectivity index (χ0) is 21.8. The Morgan fingerprint density at radius 2 is 1.73 bits per heavy atom. The summed E-state index contributed by atoms with van der Waals surface area (Å²) in [6.07, 6.45) is 2.54. The molecule has 0 spiro atoms. The first-order valence-corrected chi connectivity index (χ1v) is 12.0. The van der Waals surface area contributed by atoms with E-state index in [4.69, 9.17) is 11.6 Å². The van der Waals surface area contributed by atoms with Gasteiger partial charge in [0, 0.05) is 23.9 Å². The summed E-state index contributed by atoms with van der Waals surface area (Å²) in [4.78, 5) is 27.6. The van der Waals surface area contributed by atoms with Crippen LogP contribution in [0.25, 0.3) is 0 Å². The average molecular weight is 447 g/mol. The van der Waals surface area contributed by atoms with Crippen LogP contribution in [0.4, 0.5) is 0 Å². The van der Waals surface area contributed by atoms with E-state index in [0.717, 1.165) is 29.7 Å². The Kier molecular flexibility index (Phi) is 10.8. The molecular weight excluding hydrogens is 416 g/mol. The maximum absolute atomic E-state index is 13.1. The van der Waals surface area contributed by atoms with Crippen molar-refractivity contribution in [1.82, 2.24) is 10.2 Å². The maximum atomic E-state index is 13.1. The SMILES string of the molecule is CCCCNC(=O)C(CC)N(Cc1ccccc1)C(=O)CSCc1ccc(Cl)cc1. The van der Waals surface area contributed by atoms with Crippen molar-refractivity contribution in [3.63, 3.8) is 0 Å². The highest BCUT2D eigenvalue weighted by molar-refractivity contribution is 7.99. The van der Waals surface area contributed by atoms with Crippen molar-refractivity contribution in [3.8, 4) is 0 Å². The fourth-order valence-corrected chi connectivity index (χ4v) is 4.12. The minimum atomic E-state index is -0.467. The van der Waals surface area contributed by atoms with Gasteiger partial charge in [-0.25, -0.2) is 0 Å². The molecule has 0 aliphatic heterocycles. The molecule has 0 saturated carbocycles. The van der Waals surface area contributed by atoms with Crippen LogP contribution >= 0.6 is 23.4 Å². The van der Waals surface area contributed by atoms with Gasteiger partial charge in [0.15, 0.2) is 0 Å². The van der Waals surface area contributed by atoms with Gasteiger partial charge in [0.25, 0.3) is 0 Å². The number of nitrogens with one attached hydrogen (secondary N) is 1. The van der Waals surface area contributed by atoms with Crippen LogP contribution in [-0.4, -0.2) is 35.1 Å². The molecule has 1 N–H and O–H groups in total. The van der Waals surface area contributed by atoms with Crippen molar-refractivity contribution in [2.75, 3.05) is 12.3 Å². The third-order valence-corrected chi connectivity index (χ3v) is 6.06. The van der Waals surface area contributed by atoms with Crippen molar-refractivity contribution >= 4 is 35.2 Å².